The smallest absolute Gasteiger partial charge is 0.248 e. The lowest BCUT2D eigenvalue weighted by molar-refractivity contribution is -0.155. The molecule has 146 valence electrons. The SMILES string of the molecule is O=C1COCC2CN(C3CN(C(c4ccccc4)c4ccccc4)C3)CCN12. The maximum atomic E-state index is 12.0. The van der Waals surface area contributed by atoms with Gasteiger partial charge in [-0.3, -0.25) is 14.6 Å². The van der Waals surface area contributed by atoms with E-state index in [0.717, 1.165) is 32.7 Å². The van der Waals surface area contributed by atoms with E-state index >= 15 is 0 Å². The Balaban J connectivity index is 1.27. The van der Waals surface area contributed by atoms with Crippen molar-refractivity contribution in [2.24, 2.45) is 0 Å². The van der Waals surface area contributed by atoms with Gasteiger partial charge in [0, 0.05) is 38.8 Å². The molecule has 2 aromatic rings. The number of hydrogen-bond acceptors (Lipinski definition) is 4. The lowest BCUT2D eigenvalue weighted by Crippen LogP contribution is -2.67. The number of piperazine rings is 1. The van der Waals surface area contributed by atoms with E-state index in [2.05, 4.69) is 70.5 Å². The number of benzene rings is 2. The highest BCUT2D eigenvalue weighted by Crippen LogP contribution is 2.34. The Morgan fingerprint density at radius 2 is 1.46 bits per heavy atom. The highest BCUT2D eigenvalue weighted by atomic mass is 16.5. The Bertz CT molecular complexity index is 768. The molecule has 3 aliphatic heterocycles. The zero-order valence-corrected chi connectivity index (χ0v) is 16.1. The largest absolute Gasteiger partial charge is 0.369 e. The summed E-state index contributed by atoms with van der Waals surface area (Å²) in [5.74, 6) is 0.152. The van der Waals surface area contributed by atoms with Crippen LogP contribution < -0.4 is 0 Å². The molecule has 0 aliphatic carbocycles. The number of carbonyl (C=O) groups excluding carboxylic acids is 1. The summed E-state index contributed by atoms with van der Waals surface area (Å²) in [4.78, 5) is 19.2. The lowest BCUT2D eigenvalue weighted by atomic mass is 9.92. The number of likely N-dealkylation sites (tertiary alicyclic amines) is 1. The summed E-state index contributed by atoms with van der Waals surface area (Å²) in [6.07, 6.45) is 0. The monoisotopic (exact) mass is 377 g/mol. The van der Waals surface area contributed by atoms with Gasteiger partial charge in [0.05, 0.1) is 18.7 Å². The zero-order chi connectivity index (χ0) is 18.9. The van der Waals surface area contributed by atoms with Crippen molar-refractivity contribution < 1.29 is 9.53 Å². The number of nitrogens with zero attached hydrogens (tertiary/aromatic N) is 3. The van der Waals surface area contributed by atoms with Gasteiger partial charge in [0.15, 0.2) is 0 Å². The average Bonchev–Trinajstić information content (AvgIpc) is 2.71. The number of carbonyl (C=O) groups is 1. The van der Waals surface area contributed by atoms with Gasteiger partial charge < -0.3 is 9.64 Å². The minimum atomic E-state index is 0.152. The second-order valence-electron chi connectivity index (χ2n) is 8.08. The first-order chi connectivity index (χ1) is 13.8. The molecule has 0 bridgehead atoms. The van der Waals surface area contributed by atoms with Crippen LogP contribution in [0.1, 0.15) is 17.2 Å². The lowest BCUT2D eigenvalue weighted by Gasteiger charge is -2.53. The molecular weight excluding hydrogens is 350 g/mol. The van der Waals surface area contributed by atoms with Gasteiger partial charge in [-0.2, -0.15) is 0 Å². The summed E-state index contributed by atoms with van der Waals surface area (Å²) in [6.45, 7) is 5.81. The molecule has 3 heterocycles. The van der Waals surface area contributed by atoms with E-state index in [-0.39, 0.29) is 18.6 Å². The molecule has 5 rings (SSSR count). The van der Waals surface area contributed by atoms with E-state index in [1.807, 2.05) is 4.90 Å². The zero-order valence-electron chi connectivity index (χ0n) is 16.1. The number of ether oxygens (including phenoxy) is 1. The molecular formula is C23H27N3O2. The molecule has 5 heteroatoms. The van der Waals surface area contributed by atoms with Crippen LogP contribution in [0.5, 0.6) is 0 Å². The van der Waals surface area contributed by atoms with Crippen molar-refractivity contribution in [3.05, 3.63) is 71.8 Å². The van der Waals surface area contributed by atoms with Crippen LogP contribution in [0.3, 0.4) is 0 Å². The maximum Gasteiger partial charge on any atom is 0.248 e. The first kappa shape index (κ1) is 17.9. The van der Waals surface area contributed by atoms with Gasteiger partial charge in [-0.1, -0.05) is 60.7 Å². The highest BCUT2D eigenvalue weighted by Gasteiger charge is 2.41. The fraction of sp³-hybridized carbons (Fsp3) is 0.435. The molecule has 3 fully saturated rings. The Labute approximate surface area is 166 Å². The molecule has 1 unspecified atom stereocenters. The summed E-state index contributed by atoms with van der Waals surface area (Å²) in [5, 5.41) is 0. The second-order valence-corrected chi connectivity index (χ2v) is 8.08. The first-order valence-electron chi connectivity index (χ1n) is 10.2. The van der Waals surface area contributed by atoms with Crippen LogP contribution in [-0.2, 0) is 9.53 Å². The third-order valence-electron chi connectivity index (χ3n) is 6.37. The molecule has 0 saturated carbocycles. The van der Waals surface area contributed by atoms with E-state index in [9.17, 15) is 4.79 Å². The van der Waals surface area contributed by atoms with Crippen LogP contribution in [-0.4, -0.2) is 78.6 Å². The summed E-state index contributed by atoms with van der Waals surface area (Å²) < 4.78 is 5.48. The van der Waals surface area contributed by atoms with E-state index in [1.54, 1.807) is 0 Å². The van der Waals surface area contributed by atoms with Crippen LogP contribution in [0.15, 0.2) is 60.7 Å². The quantitative estimate of drug-likeness (QED) is 0.817. The van der Waals surface area contributed by atoms with Crippen molar-refractivity contribution in [3.8, 4) is 0 Å². The van der Waals surface area contributed by atoms with E-state index in [0.29, 0.717) is 18.7 Å². The van der Waals surface area contributed by atoms with Crippen LogP contribution in [0.2, 0.25) is 0 Å². The van der Waals surface area contributed by atoms with E-state index in [4.69, 9.17) is 4.74 Å². The summed E-state index contributed by atoms with van der Waals surface area (Å²) in [6, 6.07) is 22.7. The van der Waals surface area contributed by atoms with Crippen molar-refractivity contribution in [3.63, 3.8) is 0 Å². The Morgan fingerprint density at radius 1 is 0.821 bits per heavy atom. The topological polar surface area (TPSA) is 36.0 Å². The maximum absolute atomic E-state index is 12.0. The molecule has 3 aliphatic rings. The van der Waals surface area contributed by atoms with Crippen LogP contribution in [0.4, 0.5) is 0 Å². The molecule has 0 aromatic heterocycles. The minimum Gasteiger partial charge on any atom is -0.369 e. The first-order valence-corrected chi connectivity index (χ1v) is 10.2. The fourth-order valence-corrected chi connectivity index (χ4v) is 4.86. The Morgan fingerprint density at radius 3 is 2.11 bits per heavy atom. The molecule has 0 N–H and O–H groups in total. The number of fused-ring (bicyclic) bond motifs is 1. The summed E-state index contributed by atoms with van der Waals surface area (Å²) >= 11 is 0. The molecule has 1 amide bonds. The van der Waals surface area contributed by atoms with Gasteiger partial charge >= 0.3 is 0 Å². The minimum absolute atomic E-state index is 0.152. The van der Waals surface area contributed by atoms with Gasteiger partial charge in [0.2, 0.25) is 5.91 Å². The molecule has 0 radical (unpaired) electrons. The van der Waals surface area contributed by atoms with Gasteiger partial charge in [-0.05, 0) is 11.1 Å². The number of amides is 1. The van der Waals surface area contributed by atoms with Crippen molar-refractivity contribution in [1.29, 1.82) is 0 Å². The van der Waals surface area contributed by atoms with Gasteiger partial charge in [0.1, 0.15) is 6.61 Å². The molecule has 1 atom stereocenters. The Kier molecular flexibility index (Phi) is 4.89. The van der Waals surface area contributed by atoms with Crippen LogP contribution in [0.25, 0.3) is 0 Å². The van der Waals surface area contributed by atoms with Crippen molar-refractivity contribution >= 4 is 5.91 Å². The van der Waals surface area contributed by atoms with E-state index in [1.165, 1.54) is 11.1 Å². The molecule has 28 heavy (non-hydrogen) atoms. The molecule has 2 aromatic carbocycles. The van der Waals surface area contributed by atoms with Gasteiger partial charge in [-0.15, -0.1) is 0 Å². The summed E-state index contributed by atoms with van der Waals surface area (Å²) in [7, 11) is 0. The second kappa shape index (κ2) is 7.66. The van der Waals surface area contributed by atoms with Crippen LogP contribution >= 0.6 is 0 Å². The van der Waals surface area contributed by atoms with Crippen molar-refractivity contribution in [2.45, 2.75) is 18.1 Å². The van der Waals surface area contributed by atoms with Crippen molar-refractivity contribution in [2.75, 3.05) is 45.9 Å². The molecule has 5 nitrogen and oxygen atoms in total. The predicted octanol–water partition coefficient (Wildman–Crippen LogP) is 2.00. The number of morpholine rings is 1. The standard InChI is InChI=1S/C23H27N3O2/c27-22-17-28-16-21-15-24(11-12-26(21)22)20-13-25(14-20)23(18-7-3-1-4-8-18)19-9-5-2-6-10-19/h1-10,20-21,23H,11-17H2. The Hall–Kier alpha value is -2.21. The third kappa shape index (κ3) is 3.34. The van der Waals surface area contributed by atoms with E-state index < -0.39 is 0 Å². The fourth-order valence-electron chi connectivity index (χ4n) is 4.86. The molecule has 0 spiro atoms. The number of hydrogen-bond donors (Lipinski definition) is 0. The summed E-state index contributed by atoms with van der Waals surface area (Å²) in [5.41, 5.74) is 2.70. The number of rotatable bonds is 4. The van der Waals surface area contributed by atoms with Crippen molar-refractivity contribution in [1.82, 2.24) is 14.7 Å². The van der Waals surface area contributed by atoms with Crippen LogP contribution in [0, 0.1) is 0 Å². The van der Waals surface area contributed by atoms with Gasteiger partial charge in [0.25, 0.3) is 0 Å². The van der Waals surface area contributed by atoms with Gasteiger partial charge in [-0.25, -0.2) is 0 Å². The third-order valence-corrected chi connectivity index (χ3v) is 6.37. The average molecular weight is 377 g/mol. The molecule has 3 saturated heterocycles. The highest BCUT2D eigenvalue weighted by molar-refractivity contribution is 5.78. The predicted molar refractivity (Wildman–Crippen MR) is 108 cm³/mol. The normalized spacial score (nSPS) is 24.2.